The first-order valence-corrected chi connectivity index (χ1v) is 17.6. The Labute approximate surface area is 298 Å². The molecule has 2 aromatic carbocycles. The van der Waals surface area contributed by atoms with Gasteiger partial charge in [0.15, 0.2) is 0 Å². The summed E-state index contributed by atoms with van der Waals surface area (Å²) in [6.07, 6.45) is 0. The molecule has 1 spiro atoms. The Morgan fingerprint density at radius 3 is 1.71 bits per heavy atom. The molecule has 258 valence electrons. The van der Waals surface area contributed by atoms with Gasteiger partial charge >= 0.3 is 23.9 Å². The number of carbonyl (C=O) groups is 5. The van der Waals surface area contributed by atoms with E-state index in [0.29, 0.717) is 27.3 Å². The maximum atomic E-state index is 14.7. The molecule has 0 radical (unpaired) electrons. The maximum absolute atomic E-state index is 14.7. The van der Waals surface area contributed by atoms with Crippen LogP contribution in [0.15, 0.2) is 67.7 Å². The summed E-state index contributed by atoms with van der Waals surface area (Å²) in [7, 11) is 4.73. The molecule has 10 nitrogen and oxygen atoms in total. The average molecular weight is 724 g/mol. The minimum absolute atomic E-state index is 0.103. The van der Waals surface area contributed by atoms with E-state index in [2.05, 4.69) is 20.8 Å². The zero-order valence-corrected chi connectivity index (χ0v) is 31.3. The molecule has 0 atom stereocenters. The zero-order valence-electron chi connectivity index (χ0n) is 28.9. The summed E-state index contributed by atoms with van der Waals surface area (Å²) in [5.74, 6) is -3.62. The number of hydrogen-bond donors (Lipinski definition) is 0. The van der Waals surface area contributed by atoms with E-state index in [1.807, 2.05) is 51.1 Å². The number of rotatable bonds is 5. The molecule has 49 heavy (non-hydrogen) atoms. The Morgan fingerprint density at radius 1 is 0.714 bits per heavy atom. The minimum Gasteiger partial charge on any atom is -0.466 e. The van der Waals surface area contributed by atoms with Crippen LogP contribution in [-0.2, 0) is 43.5 Å². The summed E-state index contributed by atoms with van der Waals surface area (Å²) in [5.41, 5.74) is 2.64. The van der Waals surface area contributed by atoms with Gasteiger partial charge < -0.3 is 18.9 Å². The third-order valence-electron chi connectivity index (χ3n) is 8.50. The molecule has 5 rings (SSSR count). The van der Waals surface area contributed by atoms with Gasteiger partial charge in [-0.3, -0.25) is 9.69 Å². The smallest absolute Gasteiger partial charge is 0.345 e. The lowest BCUT2D eigenvalue weighted by molar-refractivity contribution is -0.138. The summed E-state index contributed by atoms with van der Waals surface area (Å²) in [4.78, 5) is 70.5. The first-order chi connectivity index (χ1) is 23.0. The third-order valence-corrected chi connectivity index (χ3v) is 13.1. The van der Waals surface area contributed by atoms with Crippen molar-refractivity contribution in [3.05, 3.63) is 89.9 Å². The standard InChI is InChI=1S/C36H37NO9S3/c1-18-11-16-21-22(17-18)37(29(38)19-12-14-20(15-13-19)34(2,3)4)35(5,6)28-23(21)36(24(30(39)43-7)25(47-28)31(40)44-8)48-26(32(41)45-9)27(49-36)33(42)46-10/h11-17H,1-10H3. The van der Waals surface area contributed by atoms with Gasteiger partial charge in [0.1, 0.15) is 18.8 Å². The van der Waals surface area contributed by atoms with Gasteiger partial charge in [0, 0.05) is 21.6 Å². The minimum atomic E-state index is -1.64. The Hall–Kier alpha value is -3.94. The molecule has 13 heteroatoms. The van der Waals surface area contributed by atoms with E-state index in [-0.39, 0.29) is 31.6 Å². The van der Waals surface area contributed by atoms with E-state index in [4.69, 9.17) is 18.9 Å². The van der Waals surface area contributed by atoms with E-state index in [1.165, 1.54) is 28.4 Å². The van der Waals surface area contributed by atoms with Crippen molar-refractivity contribution < 1.29 is 42.9 Å². The number of fused-ring (bicyclic) bond motifs is 3. The number of carbonyl (C=O) groups excluding carboxylic acids is 5. The van der Waals surface area contributed by atoms with Crippen molar-refractivity contribution >= 4 is 76.3 Å². The molecular weight excluding hydrogens is 687 g/mol. The molecule has 0 aromatic heterocycles. The number of anilines is 1. The second kappa shape index (κ2) is 13.1. The molecule has 0 saturated carbocycles. The fourth-order valence-corrected chi connectivity index (χ4v) is 11.1. The number of ether oxygens (including phenoxy) is 4. The van der Waals surface area contributed by atoms with Gasteiger partial charge in [-0.1, -0.05) is 80.3 Å². The number of aryl methyl sites for hydroxylation is 1. The fraction of sp³-hybridized carbons (Fsp3) is 0.361. The van der Waals surface area contributed by atoms with Crippen molar-refractivity contribution in [2.75, 3.05) is 33.3 Å². The van der Waals surface area contributed by atoms with E-state index in [1.54, 1.807) is 17.0 Å². The Balaban J connectivity index is 1.84. The van der Waals surface area contributed by atoms with Gasteiger partial charge in [0.05, 0.1) is 45.2 Å². The lowest BCUT2D eigenvalue weighted by atomic mass is 9.82. The molecule has 0 bridgehead atoms. The van der Waals surface area contributed by atoms with Crippen molar-refractivity contribution in [2.24, 2.45) is 0 Å². The number of thioether (sulfide) groups is 3. The molecule has 0 saturated heterocycles. The molecular formula is C36H37NO9S3. The summed E-state index contributed by atoms with van der Waals surface area (Å²) < 4.78 is 18.9. The second-order valence-electron chi connectivity index (χ2n) is 13.0. The molecule has 0 aliphatic carbocycles. The highest BCUT2D eigenvalue weighted by Gasteiger charge is 2.61. The van der Waals surface area contributed by atoms with Gasteiger partial charge in [-0.15, -0.1) is 0 Å². The van der Waals surface area contributed by atoms with Crippen molar-refractivity contribution in [3.8, 4) is 0 Å². The van der Waals surface area contributed by atoms with Crippen LogP contribution < -0.4 is 4.90 Å². The Bertz CT molecular complexity index is 1870. The number of esters is 4. The molecule has 3 aliphatic heterocycles. The van der Waals surface area contributed by atoms with Gasteiger partial charge in [-0.25, -0.2) is 19.2 Å². The van der Waals surface area contributed by atoms with E-state index in [0.717, 1.165) is 46.4 Å². The first-order valence-electron chi connectivity index (χ1n) is 15.2. The topological polar surface area (TPSA) is 126 Å². The van der Waals surface area contributed by atoms with E-state index in [9.17, 15) is 24.0 Å². The van der Waals surface area contributed by atoms with Crippen LogP contribution in [0.1, 0.15) is 61.7 Å². The van der Waals surface area contributed by atoms with E-state index >= 15 is 0 Å². The Morgan fingerprint density at radius 2 is 1.22 bits per heavy atom. The SMILES string of the molecule is COC(=O)C1=C(C(=O)OC)SC2(S1)C(C(=O)OC)=C(C(=O)OC)SC1=C2c2ccc(C)cc2N(C(=O)c2ccc(C(C)(C)C)cc2)C1(C)C. The van der Waals surface area contributed by atoms with E-state index < -0.39 is 33.5 Å². The number of benzene rings is 2. The van der Waals surface area contributed by atoms with Gasteiger partial charge in [0.2, 0.25) is 0 Å². The maximum Gasteiger partial charge on any atom is 0.345 e. The normalized spacial score (nSPS) is 17.8. The van der Waals surface area contributed by atoms with Crippen LogP contribution >= 0.6 is 35.3 Å². The fourth-order valence-electron chi connectivity index (χ4n) is 6.03. The van der Waals surface area contributed by atoms with Crippen molar-refractivity contribution in [3.63, 3.8) is 0 Å². The number of hydrogen-bond acceptors (Lipinski definition) is 12. The van der Waals surface area contributed by atoms with Gasteiger partial charge in [-0.2, -0.15) is 0 Å². The highest BCUT2D eigenvalue weighted by Crippen LogP contribution is 2.71. The third kappa shape index (κ3) is 5.89. The van der Waals surface area contributed by atoms with Crippen LogP contribution in [0.25, 0.3) is 5.57 Å². The quantitative estimate of drug-likeness (QED) is 0.246. The van der Waals surface area contributed by atoms with Crippen LogP contribution in [0.2, 0.25) is 0 Å². The van der Waals surface area contributed by atoms with Crippen LogP contribution in [-0.4, -0.2) is 67.8 Å². The molecule has 3 aliphatic rings. The lowest BCUT2D eigenvalue weighted by Gasteiger charge is -2.50. The van der Waals surface area contributed by atoms with Crippen LogP contribution in [0.5, 0.6) is 0 Å². The summed E-state index contributed by atoms with van der Waals surface area (Å²) in [5, 5.41) is 0. The highest BCUT2D eigenvalue weighted by molar-refractivity contribution is 8.26. The second-order valence-corrected chi connectivity index (χ2v) is 16.7. The van der Waals surface area contributed by atoms with Crippen molar-refractivity contribution in [1.29, 1.82) is 0 Å². The highest BCUT2D eigenvalue weighted by atomic mass is 32.2. The summed E-state index contributed by atoms with van der Waals surface area (Å²) in [6, 6.07) is 13.1. The molecule has 0 fully saturated rings. The van der Waals surface area contributed by atoms with Crippen LogP contribution in [0.4, 0.5) is 5.69 Å². The number of nitrogens with zero attached hydrogens (tertiary/aromatic N) is 1. The molecule has 2 aromatic rings. The summed E-state index contributed by atoms with van der Waals surface area (Å²) >= 11 is 2.78. The number of methoxy groups -OCH3 is 4. The van der Waals surface area contributed by atoms with Crippen LogP contribution in [0, 0.1) is 6.92 Å². The predicted molar refractivity (Wildman–Crippen MR) is 192 cm³/mol. The zero-order chi connectivity index (χ0) is 36.2. The average Bonchev–Trinajstić information content (AvgIpc) is 3.46. The monoisotopic (exact) mass is 723 g/mol. The van der Waals surface area contributed by atoms with Crippen molar-refractivity contribution in [1.82, 2.24) is 0 Å². The summed E-state index contributed by atoms with van der Waals surface area (Å²) in [6.45, 7) is 11.9. The number of amides is 1. The molecule has 0 unspecified atom stereocenters. The van der Waals surface area contributed by atoms with Crippen LogP contribution in [0.3, 0.4) is 0 Å². The lowest BCUT2D eigenvalue weighted by Crippen LogP contribution is -2.53. The predicted octanol–water partition coefficient (Wildman–Crippen LogP) is 6.52. The van der Waals surface area contributed by atoms with Gasteiger partial charge in [-0.05, 0) is 55.5 Å². The van der Waals surface area contributed by atoms with Crippen molar-refractivity contribution in [2.45, 2.75) is 56.6 Å². The molecule has 3 heterocycles. The first kappa shape index (κ1) is 36.3. The van der Waals surface area contributed by atoms with Gasteiger partial charge in [0.25, 0.3) is 5.91 Å². The Kier molecular flexibility index (Phi) is 9.69. The molecule has 0 N–H and O–H groups in total. The largest absolute Gasteiger partial charge is 0.466 e. The molecule has 1 amide bonds.